The van der Waals surface area contributed by atoms with Crippen molar-refractivity contribution in [1.82, 2.24) is 9.80 Å². The summed E-state index contributed by atoms with van der Waals surface area (Å²) >= 11 is 0. The van der Waals surface area contributed by atoms with Crippen LogP contribution < -0.4 is 0 Å². The molecule has 0 aromatic heterocycles. The summed E-state index contributed by atoms with van der Waals surface area (Å²) < 4.78 is 0. The number of carboxylic acid groups (broad SMARTS) is 1. The molecule has 1 heterocycles. The molecule has 0 saturated carbocycles. The summed E-state index contributed by atoms with van der Waals surface area (Å²) in [5.74, 6) is -1.27. The molecule has 1 amide bonds. The van der Waals surface area contributed by atoms with E-state index < -0.39 is 5.97 Å². The predicted octanol–water partition coefficient (Wildman–Crippen LogP) is -0.456. The highest BCUT2D eigenvalue weighted by Crippen LogP contribution is 2.10. The normalized spacial score (nSPS) is 18.5. The molecule has 0 spiro atoms. The third-order valence-electron chi connectivity index (χ3n) is 3.28. The first kappa shape index (κ1) is 14.7. The van der Waals surface area contributed by atoms with Gasteiger partial charge in [-0.05, 0) is 13.8 Å². The molecule has 0 aromatic rings. The fraction of sp³-hybridized carbons (Fsp3) is 0.667. The van der Waals surface area contributed by atoms with E-state index in [4.69, 9.17) is 10.2 Å². The molecule has 0 bridgehead atoms. The lowest BCUT2D eigenvalue weighted by molar-refractivity contribution is -0.134. The standard InChI is InChI=1S/C12H20N2O4/c1-9(10(2)12(17)18)11(16)14-5-3-13(4-6-14)7-8-15/h15H,3-8H2,1-2H3,(H,17,18). The number of β-amino-alcohol motifs (C(OH)–C–C–N with tert-alkyl or cyclic N) is 1. The molecule has 18 heavy (non-hydrogen) atoms. The second-order valence-electron chi connectivity index (χ2n) is 4.41. The predicted molar refractivity (Wildman–Crippen MR) is 66.1 cm³/mol. The number of hydrogen-bond donors (Lipinski definition) is 2. The molecule has 1 fully saturated rings. The highest BCUT2D eigenvalue weighted by Gasteiger charge is 2.23. The van der Waals surface area contributed by atoms with Crippen LogP contribution in [0.15, 0.2) is 11.1 Å². The number of aliphatic hydroxyl groups is 1. The molecular formula is C12H20N2O4. The number of nitrogens with zero attached hydrogens (tertiary/aromatic N) is 2. The van der Waals surface area contributed by atoms with Crippen LogP contribution in [-0.2, 0) is 9.59 Å². The Labute approximate surface area is 106 Å². The molecule has 2 N–H and O–H groups in total. The zero-order valence-electron chi connectivity index (χ0n) is 10.8. The van der Waals surface area contributed by atoms with Crippen LogP contribution in [0.1, 0.15) is 13.8 Å². The van der Waals surface area contributed by atoms with Crippen molar-refractivity contribution in [2.45, 2.75) is 13.8 Å². The number of aliphatic carboxylic acids is 1. The van der Waals surface area contributed by atoms with Crippen molar-refractivity contribution in [2.24, 2.45) is 0 Å². The molecule has 0 unspecified atom stereocenters. The second kappa shape index (κ2) is 6.51. The number of rotatable bonds is 4. The summed E-state index contributed by atoms with van der Waals surface area (Å²) in [5, 5.41) is 17.7. The lowest BCUT2D eigenvalue weighted by Crippen LogP contribution is -2.49. The minimum Gasteiger partial charge on any atom is -0.478 e. The van der Waals surface area contributed by atoms with Crippen LogP contribution >= 0.6 is 0 Å². The number of amides is 1. The van der Waals surface area contributed by atoms with Crippen molar-refractivity contribution in [1.29, 1.82) is 0 Å². The van der Waals surface area contributed by atoms with Gasteiger partial charge in [0.25, 0.3) is 0 Å². The Hall–Kier alpha value is -1.40. The van der Waals surface area contributed by atoms with Crippen LogP contribution in [0.4, 0.5) is 0 Å². The fourth-order valence-electron chi connectivity index (χ4n) is 1.87. The monoisotopic (exact) mass is 256 g/mol. The van der Waals surface area contributed by atoms with Crippen molar-refractivity contribution in [3.05, 3.63) is 11.1 Å². The average Bonchev–Trinajstić information content (AvgIpc) is 2.37. The number of hydrogen-bond acceptors (Lipinski definition) is 4. The summed E-state index contributed by atoms with van der Waals surface area (Å²) in [6.45, 7) is 6.29. The van der Waals surface area contributed by atoms with Crippen LogP contribution in [0.3, 0.4) is 0 Å². The molecular weight excluding hydrogens is 236 g/mol. The summed E-state index contributed by atoms with van der Waals surface area (Å²) in [7, 11) is 0. The zero-order valence-corrected chi connectivity index (χ0v) is 10.8. The van der Waals surface area contributed by atoms with Crippen LogP contribution in [0.5, 0.6) is 0 Å². The molecule has 1 aliphatic heterocycles. The molecule has 0 atom stereocenters. The Bertz CT molecular complexity index is 357. The van der Waals surface area contributed by atoms with Gasteiger partial charge in [-0.25, -0.2) is 4.79 Å². The third kappa shape index (κ3) is 3.54. The maximum Gasteiger partial charge on any atom is 0.331 e. The molecule has 0 aliphatic carbocycles. The fourth-order valence-corrected chi connectivity index (χ4v) is 1.87. The molecule has 1 rings (SSSR count). The minimum absolute atomic E-state index is 0.0952. The van der Waals surface area contributed by atoms with E-state index in [-0.39, 0.29) is 23.7 Å². The van der Waals surface area contributed by atoms with Crippen LogP contribution in [0.2, 0.25) is 0 Å². The van der Waals surface area contributed by atoms with E-state index in [1.54, 1.807) is 11.8 Å². The van der Waals surface area contributed by atoms with Gasteiger partial charge in [0.15, 0.2) is 0 Å². The van der Waals surface area contributed by atoms with Gasteiger partial charge in [0.2, 0.25) is 5.91 Å². The Morgan fingerprint density at radius 1 is 1.06 bits per heavy atom. The zero-order chi connectivity index (χ0) is 13.7. The quantitative estimate of drug-likeness (QED) is 0.665. The third-order valence-corrected chi connectivity index (χ3v) is 3.28. The number of carbonyl (C=O) groups is 2. The molecule has 0 aromatic carbocycles. The van der Waals surface area contributed by atoms with Gasteiger partial charge >= 0.3 is 5.97 Å². The highest BCUT2D eigenvalue weighted by molar-refractivity contribution is 6.01. The van der Waals surface area contributed by atoms with E-state index in [0.29, 0.717) is 32.7 Å². The van der Waals surface area contributed by atoms with Crippen LogP contribution in [-0.4, -0.2) is 71.2 Å². The average molecular weight is 256 g/mol. The highest BCUT2D eigenvalue weighted by atomic mass is 16.4. The van der Waals surface area contributed by atoms with Gasteiger partial charge in [0.05, 0.1) is 6.61 Å². The van der Waals surface area contributed by atoms with Gasteiger partial charge in [-0.1, -0.05) is 0 Å². The van der Waals surface area contributed by atoms with Crippen LogP contribution in [0.25, 0.3) is 0 Å². The van der Waals surface area contributed by atoms with Gasteiger partial charge in [-0.15, -0.1) is 0 Å². The van der Waals surface area contributed by atoms with Crippen LogP contribution in [0, 0.1) is 0 Å². The first-order valence-corrected chi connectivity index (χ1v) is 6.00. The van der Waals surface area contributed by atoms with Gasteiger partial charge in [0, 0.05) is 43.9 Å². The van der Waals surface area contributed by atoms with Crippen molar-refractivity contribution < 1.29 is 19.8 Å². The molecule has 102 valence electrons. The number of aliphatic hydroxyl groups excluding tert-OH is 1. The molecule has 6 nitrogen and oxygen atoms in total. The Balaban J connectivity index is 2.60. The van der Waals surface area contributed by atoms with Crippen molar-refractivity contribution in [3.8, 4) is 0 Å². The van der Waals surface area contributed by atoms with Crippen molar-refractivity contribution >= 4 is 11.9 Å². The molecule has 1 saturated heterocycles. The lowest BCUT2D eigenvalue weighted by atomic mass is 10.1. The topological polar surface area (TPSA) is 81.1 Å². The van der Waals surface area contributed by atoms with E-state index in [1.165, 1.54) is 6.92 Å². The number of carboxylic acids is 1. The van der Waals surface area contributed by atoms with E-state index >= 15 is 0 Å². The molecule has 6 heteroatoms. The maximum absolute atomic E-state index is 12.0. The number of carbonyl (C=O) groups excluding carboxylic acids is 1. The number of piperazine rings is 1. The van der Waals surface area contributed by atoms with E-state index in [2.05, 4.69) is 4.90 Å². The summed E-state index contributed by atoms with van der Waals surface area (Å²) in [6, 6.07) is 0. The Kier molecular flexibility index (Phi) is 5.30. The summed E-state index contributed by atoms with van der Waals surface area (Å²) in [4.78, 5) is 26.6. The van der Waals surface area contributed by atoms with E-state index in [9.17, 15) is 9.59 Å². The van der Waals surface area contributed by atoms with Gasteiger partial charge in [-0.2, -0.15) is 0 Å². The Morgan fingerprint density at radius 2 is 1.61 bits per heavy atom. The van der Waals surface area contributed by atoms with Gasteiger partial charge in [0.1, 0.15) is 0 Å². The maximum atomic E-state index is 12.0. The summed E-state index contributed by atoms with van der Waals surface area (Å²) in [6.07, 6.45) is 0. The Morgan fingerprint density at radius 3 is 2.06 bits per heavy atom. The second-order valence-corrected chi connectivity index (χ2v) is 4.41. The molecule has 0 radical (unpaired) electrons. The van der Waals surface area contributed by atoms with Crippen molar-refractivity contribution in [3.63, 3.8) is 0 Å². The van der Waals surface area contributed by atoms with Gasteiger partial charge in [-0.3, -0.25) is 9.69 Å². The first-order chi connectivity index (χ1) is 8.47. The van der Waals surface area contributed by atoms with E-state index in [1.807, 2.05) is 0 Å². The SMILES string of the molecule is CC(C(=O)O)=C(C)C(=O)N1CCN(CCO)CC1. The van der Waals surface area contributed by atoms with E-state index in [0.717, 1.165) is 0 Å². The lowest BCUT2D eigenvalue weighted by Gasteiger charge is -2.34. The largest absolute Gasteiger partial charge is 0.478 e. The van der Waals surface area contributed by atoms with Crippen molar-refractivity contribution in [2.75, 3.05) is 39.3 Å². The smallest absolute Gasteiger partial charge is 0.331 e. The summed E-state index contributed by atoms with van der Waals surface area (Å²) in [5.41, 5.74) is 0.385. The minimum atomic E-state index is -1.06. The molecule has 1 aliphatic rings. The first-order valence-electron chi connectivity index (χ1n) is 6.00. The van der Waals surface area contributed by atoms with Gasteiger partial charge < -0.3 is 15.1 Å².